The van der Waals surface area contributed by atoms with Gasteiger partial charge in [-0.2, -0.15) is 5.26 Å². The summed E-state index contributed by atoms with van der Waals surface area (Å²) in [5.41, 5.74) is 0.442. The lowest BCUT2D eigenvalue weighted by Crippen LogP contribution is -1.84. The maximum atomic E-state index is 10.7. The SMILES string of the molecule is CC(=O)/C=C(\C#N)c1cccs1. The normalized spacial score (nSPS) is 10.8. The van der Waals surface area contributed by atoms with E-state index in [1.165, 1.54) is 24.3 Å². The summed E-state index contributed by atoms with van der Waals surface area (Å²) in [4.78, 5) is 11.5. The van der Waals surface area contributed by atoms with Crippen LogP contribution in [0.5, 0.6) is 0 Å². The van der Waals surface area contributed by atoms with Crippen LogP contribution in [0.2, 0.25) is 0 Å². The molecule has 0 aliphatic rings. The van der Waals surface area contributed by atoms with E-state index < -0.39 is 0 Å². The summed E-state index contributed by atoms with van der Waals surface area (Å²) in [6, 6.07) is 5.66. The lowest BCUT2D eigenvalue weighted by atomic mass is 10.2. The van der Waals surface area contributed by atoms with Crippen LogP contribution in [-0.4, -0.2) is 5.78 Å². The quantitative estimate of drug-likeness (QED) is 0.513. The third-order valence-electron chi connectivity index (χ3n) is 1.25. The van der Waals surface area contributed by atoms with Crippen LogP contribution in [0.3, 0.4) is 0 Å². The van der Waals surface area contributed by atoms with Gasteiger partial charge in [0.1, 0.15) is 6.07 Å². The Bertz CT molecular complexity index is 343. The van der Waals surface area contributed by atoms with Crippen molar-refractivity contribution in [3.05, 3.63) is 28.5 Å². The molecule has 2 nitrogen and oxygen atoms in total. The third-order valence-corrected chi connectivity index (χ3v) is 2.16. The number of hydrogen-bond acceptors (Lipinski definition) is 3. The molecule has 0 amide bonds. The zero-order valence-electron chi connectivity index (χ0n) is 6.57. The number of thiophene rings is 1. The zero-order chi connectivity index (χ0) is 8.97. The van der Waals surface area contributed by atoms with Crippen molar-refractivity contribution in [1.82, 2.24) is 0 Å². The summed E-state index contributed by atoms with van der Waals surface area (Å²) < 4.78 is 0. The number of nitrogens with zero attached hydrogens (tertiary/aromatic N) is 1. The van der Waals surface area contributed by atoms with Gasteiger partial charge in [-0.1, -0.05) is 6.07 Å². The molecule has 0 fully saturated rings. The highest BCUT2D eigenvalue weighted by Gasteiger charge is 2.01. The van der Waals surface area contributed by atoms with E-state index in [2.05, 4.69) is 0 Å². The Labute approximate surface area is 74.8 Å². The molecule has 1 aromatic heterocycles. The molecule has 12 heavy (non-hydrogen) atoms. The minimum Gasteiger partial charge on any atom is -0.295 e. The summed E-state index contributed by atoms with van der Waals surface area (Å²) >= 11 is 1.45. The molecule has 0 aliphatic heterocycles. The largest absolute Gasteiger partial charge is 0.295 e. The molecule has 0 bridgehead atoms. The predicted octanol–water partition coefficient (Wildman–Crippen LogP) is 2.24. The Kier molecular flexibility index (Phi) is 2.78. The molecule has 1 rings (SSSR count). The first kappa shape index (κ1) is 8.69. The molecule has 0 saturated carbocycles. The lowest BCUT2D eigenvalue weighted by Gasteiger charge is -1.89. The molecule has 0 atom stereocenters. The maximum absolute atomic E-state index is 10.7. The minimum atomic E-state index is -0.0973. The predicted molar refractivity (Wildman–Crippen MR) is 48.6 cm³/mol. The first-order valence-corrected chi connectivity index (χ1v) is 4.28. The van der Waals surface area contributed by atoms with Gasteiger partial charge in [-0.3, -0.25) is 4.79 Å². The number of carbonyl (C=O) groups is 1. The highest BCUT2D eigenvalue weighted by atomic mass is 32.1. The molecule has 0 aromatic carbocycles. The fourth-order valence-corrected chi connectivity index (χ4v) is 1.49. The van der Waals surface area contributed by atoms with Gasteiger partial charge in [0.2, 0.25) is 0 Å². The Hall–Kier alpha value is -1.40. The number of rotatable bonds is 2. The highest BCUT2D eigenvalue weighted by Crippen LogP contribution is 2.18. The van der Waals surface area contributed by atoms with E-state index in [1.54, 1.807) is 0 Å². The highest BCUT2D eigenvalue weighted by molar-refractivity contribution is 7.11. The molecular formula is C9H7NOS. The van der Waals surface area contributed by atoms with Gasteiger partial charge in [0, 0.05) is 4.88 Å². The van der Waals surface area contributed by atoms with Crippen LogP contribution in [0.25, 0.3) is 5.57 Å². The van der Waals surface area contributed by atoms with Crippen LogP contribution in [-0.2, 0) is 4.79 Å². The fraction of sp³-hybridized carbons (Fsp3) is 0.111. The summed E-state index contributed by atoms with van der Waals surface area (Å²) in [5.74, 6) is -0.0973. The monoisotopic (exact) mass is 177 g/mol. The van der Waals surface area contributed by atoms with Crippen molar-refractivity contribution < 1.29 is 4.79 Å². The first-order valence-electron chi connectivity index (χ1n) is 3.40. The van der Waals surface area contributed by atoms with Crippen molar-refractivity contribution in [2.24, 2.45) is 0 Å². The number of nitriles is 1. The van der Waals surface area contributed by atoms with Gasteiger partial charge in [0.05, 0.1) is 5.57 Å². The van der Waals surface area contributed by atoms with Gasteiger partial charge in [-0.05, 0) is 24.4 Å². The second kappa shape index (κ2) is 3.84. The van der Waals surface area contributed by atoms with Crippen molar-refractivity contribution in [3.63, 3.8) is 0 Å². The molecule has 1 heterocycles. The number of carbonyl (C=O) groups excluding carboxylic acids is 1. The smallest absolute Gasteiger partial charge is 0.153 e. The second-order valence-corrected chi connectivity index (χ2v) is 3.21. The Balaban J connectivity index is 3.01. The van der Waals surface area contributed by atoms with Crippen molar-refractivity contribution in [1.29, 1.82) is 5.26 Å². The summed E-state index contributed by atoms with van der Waals surface area (Å²) in [7, 11) is 0. The standard InChI is InChI=1S/C9H7NOS/c1-7(11)5-8(6-10)9-3-2-4-12-9/h2-5H,1H3/b8-5+. The van der Waals surface area contributed by atoms with Crippen molar-refractivity contribution in [3.8, 4) is 6.07 Å². The average Bonchev–Trinajstić information content (AvgIpc) is 2.51. The van der Waals surface area contributed by atoms with Crippen LogP contribution < -0.4 is 0 Å². The maximum Gasteiger partial charge on any atom is 0.153 e. The minimum absolute atomic E-state index is 0.0973. The Morgan fingerprint density at radius 3 is 2.92 bits per heavy atom. The van der Waals surface area contributed by atoms with Crippen LogP contribution in [0, 0.1) is 11.3 Å². The Morgan fingerprint density at radius 2 is 2.50 bits per heavy atom. The van der Waals surface area contributed by atoms with Gasteiger partial charge < -0.3 is 0 Å². The van der Waals surface area contributed by atoms with Crippen molar-refractivity contribution in [2.75, 3.05) is 0 Å². The first-order chi connectivity index (χ1) is 5.74. The van der Waals surface area contributed by atoms with E-state index in [-0.39, 0.29) is 5.78 Å². The van der Waals surface area contributed by atoms with Gasteiger partial charge in [0.15, 0.2) is 5.78 Å². The molecule has 0 aliphatic carbocycles. The van der Waals surface area contributed by atoms with Gasteiger partial charge in [0.25, 0.3) is 0 Å². The van der Waals surface area contributed by atoms with Gasteiger partial charge in [-0.15, -0.1) is 11.3 Å². The molecular weight excluding hydrogens is 170 g/mol. The van der Waals surface area contributed by atoms with Gasteiger partial charge >= 0.3 is 0 Å². The van der Waals surface area contributed by atoms with Gasteiger partial charge in [-0.25, -0.2) is 0 Å². The number of allylic oxidation sites excluding steroid dienone is 2. The van der Waals surface area contributed by atoms with Crippen LogP contribution in [0.15, 0.2) is 23.6 Å². The average molecular weight is 177 g/mol. The molecule has 1 aromatic rings. The molecule has 0 radical (unpaired) electrons. The van der Waals surface area contributed by atoms with Crippen LogP contribution >= 0.6 is 11.3 Å². The van der Waals surface area contributed by atoms with Crippen molar-refractivity contribution in [2.45, 2.75) is 6.92 Å². The van der Waals surface area contributed by atoms with E-state index in [1.807, 2.05) is 23.6 Å². The van der Waals surface area contributed by atoms with E-state index in [0.29, 0.717) is 5.57 Å². The fourth-order valence-electron chi connectivity index (χ4n) is 0.794. The van der Waals surface area contributed by atoms with E-state index in [4.69, 9.17) is 5.26 Å². The number of ketones is 1. The molecule has 0 unspecified atom stereocenters. The lowest BCUT2D eigenvalue weighted by molar-refractivity contribution is -0.112. The van der Waals surface area contributed by atoms with Crippen LogP contribution in [0.1, 0.15) is 11.8 Å². The van der Waals surface area contributed by atoms with E-state index in [9.17, 15) is 4.79 Å². The molecule has 0 N–H and O–H groups in total. The topological polar surface area (TPSA) is 40.9 Å². The summed E-state index contributed by atoms with van der Waals surface area (Å²) in [6.07, 6.45) is 1.35. The third kappa shape index (κ3) is 2.04. The molecule has 3 heteroatoms. The van der Waals surface area contributed by atoms with E-state index >= 15 is 0 Å². The molecule has 60 valence electrons. The number of hydrogen-bond donors (Lipinski definition) is 0. The van der Waals surface area contributed by atoms with Crippen LogP contribution in [0.4, 0.5) is 0 Å². The second-order valence-electron chi connectivity index (χ2n) is 2.26. The molecule has 0 spiro atoms. The molecule has 0 saturated heterocycles. The summed E-state index contributed by atoms with van der Waals surface area (Å²) in [6.45, 7) is 1.44. The summed E-state index contributed by atoms with van der Waals surface area (Å²) in [5, 5.41) is 10.6. The Morgan fingerprint density at radius 1 is 1.75 bits per heavy atom. The van der Waals surface area contributed by atoms with E-state index in [0.717, 1.165) is 4.88 Å². The van der Waals surface area contributed by atoms with Crippen molar-refractivity contribution >= 4 is 22.7 Å². The zero-order valence-corrected chi connectivity index (χ0v) is 7.39.